The van der Waals surface area contributed by atoms with E-state index in [1.54, 1.807) is 0 Å². The molecule has 2 N–H and O–H groups in total. The van der Waals surface area contributed by atoms with Gasteiger partial charge in [-0.15, -0.1) is 0 Å². The molecule has 0 aliphatic carbocycles. The molecule has 33 heavy (non-hydrogen) atoms. The topological polar surface area (TPSA) is 66.6 Å². The zero-order valence-corrected chi connectivity index (χ0v) is 19.5. The molecule has 168 valence electrons. The van der Waals surface area contributed by atoms with E-state index >= 15 is 0 Å². The van der Waals surface area contributed by atoms with Crippen molar-refractivity contribution in [3.05, 3.63) is 88.8 Å². The molecule has 0 spiro atoms. The van der Waals surface area contributed by atoms with Crippen LogP contribution in [0.15, 0.2) is 54.7 Å². The zero-order chi connectivity index (χ0) is 22.8. The van der Waals surface area contributed by atoms with Crippen LogP contribution in [0.25, 0.3) is 21.8 Å². The van der Waals surface area contributed by atoms with Crippen molar-refractivity contribution >= 4 is 21.8 Å². The van der Waals surface area contributed by atoms with E-state index in [1.165, 1.54) is 33.1 Å². The number of aromatic amines is 2. The molecule has 5 heteroatoms. The van der Waals surface area contributed by atoms with Crippen molar-refractivity contribution in [2.45, 2.75) is 46.5 Å². The van der Waals surface area contributed by atoms with Gasteiger partial charge in [0.15, 0.2) is 0 Å². The normalized spacial score (nSPS) is 11.5. The van der Waals surface area contributed by atoms with Gasteiger partial charge in [0, 0.05) is 52.5 Å². The highest BCUT2D eigenvalue weighted by molar-refractivity contribution is 5.84. The van der Waals surface area contributed by atoms with Crippen LogP contribution in [0.2, 0.25) is 0 Å². The van der Waals surface area contributed by atoms with Crippen LogP contribution >= 0.6 is 0 Å². The highest BCUT2D eigenvalue weighted by atomic mass is 16.5. The summed E-state index contributed by atoms with van der Waals surface area (Å²) in [6.45, 7) is 6.84. The minimum atomic E-state index is 0.678. The summed E-state index contributed by atoms with van der Waals surface area (Å²) in [5.74, 6) is 1.85. The number of ether oxygens (including phenoxy) is 1. The van der Waals surface area contributed by atoms with Crippen molar-refractivity contribution in [3.63, 3.8) is 0 Å². The second kappa shape index (κ2) is 9.10. The van der Waals surface area contributed by atoms with Gasteiger partial charge in [-0.05, 0) is 92.6 Å². The summed E-state index contributed by atoms with van der Waals surface area (Å²) >= 11 is 0. The largest absolute Gasteiger partial charge is 0.494 e. The number of nitrogens with one attached hydrogen (secondary N) is 2. The Labute approximate surface area is 194 Å². The SMILES string of the molecule is CCOc1ccc2[nH]cc(CCCc3nc(C)cc(Cc4ccc5[nH]c(C)cc5c4)n3)c2c1. The zero-order valence-electron chi connectivity index (χ0n) is 19.5. The Balaban J connectivity index is 1.27. The molecular weight excluding hydrogens is 408 g/mol. The Morgan fingerprint density at radius 3 is 2.67 bits per heavy atom. The van der Waals surface area contributed by atoms with Crippen LogP contribution < -0.4 is 4.74 Å². The lowest BCUT2D eigenvalue weighted by Gasteiger charge is -2.07. The van der Waals surface area contributed by atoms with Gasteiger partial charge in [-0.2, -0.15) is 0 Å². The average molecular weight is 439 g/mol. The van der Waals surface area contributed by atoms with Gasteiger partial charge in [0.1, 0.15) is 11.6 Å². The number of benzene rings is 2. The number of rotatable bonds is 8. The average Bonchev–Trinajstić information content (AvgIpc) is 3.35. The number of fused-ring (bicyclic) bond motifs is 2. The molecule has 0 atom stereocenters. The van der Waals surface area contributed by atoms with Crippen molar-refractivity contribution in [2.24, 2.45) is 0 Å². The van der Waals surface area contributed by atoms with Gasteiger partial charge in [-0.1, -0.05) is 6.07 Å². The third kappa shape index (κ3) is 4.77. The molecule has 5 aromatic rings. The molecule has 0 bridgehead atoms. The van der Waals surface area contributed by atoms with Crippen LogP contribution in [0.5, 0.6) is 5.75 Å². The molecule has 0 radical (unpaired) electrons. The summed E-state index contributed by atoms with van der Waals surface area (Å²) in [7, 11) is 0. The molecule has 5 nitrogen and oxygen atoms in total. The number of H-pyrrole nitrogens is 2. The Bertz CT molecular complexity index is 1410. The van der Waals surface area contributed by atoms with E-state index in [-0.39, 0.29) is 0 Å². The van der Waals surface area contributed by atoms with Crippen molar-refractivity contribution < 1.29 is 4.74 Å². The molecule has 2 aromatic carbocycles. The maximum atomic E-state index is 5.68. The van der Waals surface area contributed by atoms with Crippen LogP contribution in [-0.2, 0) is 19.3 Å². The number of nitrogens with zero attached hydrogens (tertiary/aromatic N) is 2. The predicted molar refractivity (Wildman–Crippen MR) is 134 cm³/mol. The maximum absolute atomic E-state index is 5.68. The lowest BCUT2D eigenvalue weighted by Crippen LogP contribution is -2.03. The summed E-state index contributed by atoms with van der Waals surface area (Å²) in [6, 6.07) is 17.1. The second-order valence-electron chi connectivity index (χ2n) is 8.78. The molecule has 0 saturated carbocycles. The number of aromatic nitrogens is 4. The molecule has 0 unspecified atom stereocenters. The first-order valence-corrected chi connectivity index (χ1v) is 11.7. The van der Waals surface area contributed by atoms with Crippen LogP contribution in [0.1, 0.15) is 47.4 Å². The van der Waals surface area contributed by atoms with Gasteiger partial charge in [-0.25, -0.2) is 9.97 Å². The summed E-state index contributed by atoms with van der Waals surface area (Å²) < 4.78 is 5.68. The van der Waals surface area contributed by atoms with E-state index in [1.807, 2.05) is 13.0 Å². The molecule has 0 amide bonds. The van der Waals surface area contributed by atoms with Gasteiger partial charge in [0.2, 0.25) is 0 Å². The second-order valence-corrected chi connectivity index (χ2v) is 8.78. The molecule has 5 rings (SSSR count). The van der Waals surface area contributed by atoms with Crippen molar-refractivity contribution in [1.29, 1.82) is 0 Å². The fourth-order valence-electron chi connectivity index (χ4n) is 4.61. The quantitative estimate of drug-likeness (QED) is 0.302. The predicted octanol–water partition coefficient (Wildman–Crippen LogP) is 6.22. The Morgan fingerprint density at radius 2 is 1.79 bits per heavy atom. The van der Waals surface area contributed by atoms with Gasteiger partial charge in [0.05, 0.1) is 6.61 Å². The van der Waals surface area contributed by atoms with Crippen LogP contribution in [-0.4, -0.2) is 26.5 Å². The Morgan fingerprint density at radius 1 is 0.909 bits per heavy atom. The van der Waals surface area contributed by atoms with Gasteiger partial charge in [0.25, 0.3) is 0 Å². The molecular formula is C28H30N4O. The van der Waals surface area contributed by atoms with Gasteiger partial charge >= 0.3 is 0 Å². The van der Waals surface area contributed by atoms with Gasteiger partial charge in [-0.3, -0.25) is 0 Å². The van der Waals surface area contributed by atoms with E-state index in [4.69, 9.17) is 14.7 Å². The summed E-state index contributed by atoms with van der Waals surface area (Å²) in [6.07, 6.45) is 5.78. The van der Waals surface area contributed by atoms with Crippen LogP contribution in [0, 0.1) is 13.8 Å². The standard InChI is InChI=1S/C28H30N4O/c1-4-33-24-9-11-27-25(16-24)21(17-29-27)6-5-7-28-31-19(3)13-23(32-28)15-20-8-10-26-22(14-20)12-18(2)30-26/h8-14,16-17,29-30H,4-7,15H2,1-3H3. The fourth-order valence-corrected chi connectivity index (χ4v) is 4.61. The number of aryl methyl sites for hydroxylation is 4. The first-order chi connectivity index (χ1) is 16.1. The Hall–Kier alpha value is -3.60. The smallest absolute Gasteiger partial charge is 0.128 e. The lowest BCUT2D eigenvalue weighted by atomic mass is 10.1. The maximum Gasteiger partial charge on any atom is 0.128 e. The fraction of sp³-hybridized carbons (Fsp3) is 0.286. The number of hydrogen-bond donors (Lipinski definition) is 2. The molecule has 0 fully saturated rings. The molecule has 0 saturated heterocycles. The van der Waals surface area contributed by atoms with E-state index in [9.17, 15) is 0 Å². The van der Waals surface area contributed by atoms with E-state index in [2.05, 4.69) is 72.5 Å². The van der Waals surface area contributed by atoms with Crippen LogP contribution in [0.4, 0.5) is 0 Å². The Kier molecular flexibility index (Phi) is 5.86. The highest BCUT2D eigenvalue weighted by Gasteiger charge is 2.09. The first kappa shape index (κ1) is 21.3. The molecule has 0 aliphatic rings. The van der Waals surface area contributed by atoms with Crippen molar-refractivity contribution in [1.82, 2.24) is 19.9 Å². The first-order valence-electron chi connectivity index (χ1n) is 11.7. The summed E-state index contributed by atoms with van der Waals surface area (Å²) in [5.41, 5.74) is 8.22. The molecule has 0 aliphatic heterocycles. The van der Waals surface area contributed by atoms with E-state index < -0.39 is 0 Å². The van der Waals surface area contributed by atoms with Crippen LogP contribution in [0.3, 0.4) is 0 Å². The minimum Gasteiger partial charge on any atom is -0.494 e. The summed E-state index contributed by atoms with van der Waals surface area (Å²) in [4.78, 5) is 16.4. The highest BCUT2D eigenvalue weighted by Crippen LogP contribution is 2.25. The molecule has 3 heterocycles. The third-order valence-corrected chi connectivity index (χ3v) is 6.06. The monoisotopic (exact) mass is 438 g/mol. The number of hydrogen-bond acceptors (Lipinski definition) is 3. The summed E-state index contributed by atoms with van der Waals surface area (Å²) in [5, 5.41) is 2.49. The van der Waals surface area contributed by atoms with E-state index in [0.717, 1.165) is 54.2 Å². The van der Waals surface area contributed by atoms with Crippen molar-refractivity contribution in [3.8, 4) is 5.75 Å². The molecule has 3 aromatic heterocycles. The lowest BCUT2D eigenvalue weighted by molar-refractivity contribution is 0.340. The van der Waals surface area contributed by atoms with Gasteiger partial charge < -0.3 is 14.7 Å². The third-order valence-electron chi connectivity index (χ3n) is 6.06. The van der Waals surface area contributed by atoms with Crippen molar-refractivity contribution in [2.75, 3.05) is 6.61 Å². The van der Waals surface area contributed by atoms with E-state index in [0.29, 0.717) is 6.61 Å². The minimum absolute atomic E-state index is 0.678.